The molecule has 232 valence electrons. The van der Waals surface area contributed by atoms with Crippen LogP contribution in [0.5, 0.6) is 5.75 Å². The molecular formula is C32H45Cl2N3O5. The van der Waals surface area contributed by atoms with Gasteiger partial charge in [0.1, 0.15) is 5.75 Å². The summed E-state index contributed by atoms with van der Waals surface area (Å²) in [5, 5.41) is 14.4. The fourth-order valence-corrected chi connectivity index (χ4v) is 5.64. The van der Waals surface area contributed by atoms with Crippen molar-refractivity contribution in [3.63, 3.8) is 0 Å². The Hall–Kier alpha value is -2.36. The van der Waals surface area contributed by atoms with Crippen molar-refractivity contribution in [3.8, 4) is 5.75 Å². The molecule has 10 heteroatoms. The van der Waals surface area contributed by atoms with Gasteiger partial charge in [0.2, 0.25) is 5.91 Å². The van der Waals surface area contributed by atoms with E-state index in [4.69, 9.17) is 38.6 Å². The normalized spacial score (nSPS) is 16.3. The van der Waals surface area contributed by atoms with Crippen LogP contribution in [0.3, 0.4) is 0 Å². The summed E-state index contributed by atoms with van der Waals surface area (Å²) in [6, 6.07) is 13.8. The van der Waals surface area contributed by atoms with Gasteiger partial charge in [0.05, 0.1) is 23.7 Å². The number of aliphatic hydroxyl groups excluding tert-OH is 1. The first-order valence-electron chi connectivity index (χ1n) is 14.8. The minimum atomic E-state index is -0.954. The van der Waals surface area contributed by atoms with Gasteiger partial charge in [-0.05, 0) is 73.8 Å². The number of nitrogens with zero attached hydrogens (tertiary/aromatic N) is 1. The van der Waals surface area contributed by atoms with Gasteiger partial charge < -0.3 is 25.6 Å². The predicted molar refractivity (Wildman–Crippen MR) is 167 cm³/mol. The fraction of sp³-hybridized carbons (Fsp3) is 0.562. The molecule has 3 atom stereocenters. The average molecular weight is 623 g/mol. The predicted octanol–water partition coefficient (Wildman–Crippen LogP) is 5.33. The summed E-state index contributed by atoms with van der Waals surface area (Å²) in [6.45, 7) is 5.47. The summed E-state index contributed by atoms with van der Waals surface area (Å²) >= 11 is 12.6. The van der Waals surface area contributed by atoms with Gasteiger partial charge in [-0.15, -0.1) is 0 Å². The molecule has 2 aromatic carbocycles. The molecule has 1 fully saturated rings. The molecule has 8 nitrogen and oxygen atoms in total. The van der Waals surface area contributed by atoms with E-state index < -0.39 is 17.6 Å². The van der Waals surface area contributed by atoms with E-state index in [1.54, 1.807) is 37.4 Å². The Balaban J connectivity index is 1.54. The summed E-state index contributed by atoms with van der Waals surface area (Å²) in [4.78, 5) is 26.5. The Morgan fingerprint density at radius 2 is 1.76 bits per heavy atom. The van der Waals surface area contributed by atoms with Gasteiger partial charge >= 0.3 is 0 Å². The van der Waals surface area contributed by atoms with Crippen LogP contribution < -0.4 is 15.8 Å². The van der Waals surface area contributed by atoms with Crippen molar-refractivity contribution in [1.82, 2.24) is 9.74 Å². The second-order valence-electron chi connectivity index (χ2n) is 11.5. The number of carbonyl (C=O) groups is 2. The zero-order chi connectivity index (χ0) is 30.7. The number of nitrogens with one attached hydrogen (secondary N) is 1. The summed E-state index contributed by atoms with van der Waals surface area (Å²) < 4.78 is 12.1. The molecule has 0 spiro atoms. The van der Waals surface area contributed by atoms with Crippen LogP contribution in [0.15, 0.2) is 48.5 Å². The fourth-order valence-electron chi connectivity index (χ4n) is 5.25. The number of unbranched alkanes of at least 4 members (excludes halogenated alkanes) is 1. The molecule has 0 unspecified atom stereocenters. The Morgan fingerprint density at radius 1 is 1.10 bits per heavy atom. The monoisotopic (exact) mass is 621 g/mol. The number of aliphatic hydroxyl groups is 1. The van der Waals surface area contributed by atoms with E-state index in [0.717, 1.165) is 37.7 Å². The Labute approximate surface area is 259 Å². The summed E-state index contributed by atoms with van der Waals surface area (Å²) in [7, 11) is 1.66. The highest BCUT2D eigenvalue weighted by Gasteiger charge is 2.45. The van der Waals surface area contributed by atoms with Gasteiger partial charge in [-0.25, -0.2) is 0 Å². The summed E-state index contributed by atoms with van der Waals surface area (Å²) in [5.41, 5.74) is 7.13. The minimum Gasteiger partial charge on any atom is -0.493 e. The van der Waals surface area contributed by atoms with Crippen LogP contribution >= 0.6 is 23.4 Å². The second kappa shape index (κ2) is 16.5. The Bertz CT molecular complexity index is 1140. The average Bonchev–Trinajstić information content (AvgIpc) is 2.95. The van der Waals surface area contributed by atoms with Crippen LogP contribution in [0.1, 0.15) is 68.3 Å². The largest absolute Gasteiger partial charge is 0.493 e. The van der Waals surface area contributed by atoms with Crippen LogP contribution in [0.2, 0.25) is 5.02 Å². The molecule has 1 aliphatic carbocycles. The van der Waals surface area contributed by atoms with E-state index in [9.17, 15) is 14.7 Å². The SMILES string of the molecule is COCCCCOc1ccccc1C(=O)N(Cl)C[C@@H](C[C@H](N)[C@@H](O)CNC(=O)C1(c2ccc(Cl)cc2)CCC1)C(C)C. The topological polar surface area (TPSA) is 114 Å². The minimum absolute atomic E-state index is 0.0404. The number of carbonyl (C=O) groups excluding carboxylic acids is 2. The van der Waals surface area contributed by atoms with E-state index in [2.05, 4.69) is 5.32 Å². The van der Waals surface area contributed by atoms with E-state index in [0.29, 0.717) is 36.0 Å². The Kier molecular flexibility index (Phi) is 13.4. The molecule has 0 heterocycles. The molecule has 3 rings (SSSR count). The molecule has 2 aromatic rings. The highest BCUT2D eigenvalue weighted by atomic mass is 35.5. The van der Waals surface area contributed by atoms with Crippen LogP contribution in [0, 0.1) is 11.8 Å². The highest BCUT2D eigenvalue weighted by Crippen LogP contribution is 2.44. The van der Waals surface area contributed by atoms with Crippen LogP contribution in [0.25, 0.3) is 0 Å². The van der Waals surface area contributed by atoms with E-state index in [-0.39, 0.29) is 36.7 Å². The molecule has 1 saturated carbocycles. The van der Waals surface area contributed by atoms with Crippen molar-refractivity contribution in [2.45, 2.75) is 69.9 Å². The van der Waals surface area contributed by atoms with E-state index in [1.165, 1.54) is 4.42 Å². The van der Waals surface area contributed by atoms with Crippen LogP contribution in [-0.4, -0.2) is 66.9 Å². The number of halogens is 2. The lowest BCUT2D eigenvalue weighted by molar-refractivity contribution is -0.130. The van der Waals surface area contributed by atoms with Crippen LogP contribution in [0.4, 0.5) is 0 Å². The zero-order valence-electron chi connectivity index (χ0n) is 24.9. The maximum atomic E-state index is 13.3. The number of hydrogen-bond donors (Lipinski definition) is 3. The van der Waals surface area contributed by atoms with Crippen molar-refractivity contribution in [3.05, 3.63) is 64.7 Å². The lowest BCUT2D eigenvalue weighted by atomic mass is 9.64. The van der Waals surface area contributed by atoms with Crippen molar-refractivity contribution in [2.24, 2.45) is 17.6 Å². The standard InChI is InChI=1S/C32H45Cl2N3O5/c1-22(2)23(21-37(34)30(39)26-9-4-5-10-29(26)42-18-7-6-17-41-3)19-27(35)28(38)20-36-31(40)32(15-8-16-32)24-11-13-25(33)14-12-24/h4-5,9-14,22-23,27-28,38H,6-8,15-21,35H2,1-3H3,(H,36,40)/t23-,27+,28+/m1/s1. The molecule has 1 aliphatic rings. The summed E-state index contributed by atoms with van der Waals surface area (Å²) in [6.07, 6.45) is 3.60. The number of rotatable bonds is 17. The van der Waals surface area contributed by atoms with E-state index >= 15 is 0 Å². The van der Waals surface area contributed by atoms with Gasteiger partial charge in [0, 0.05) is 49.6 Å². The number of hydrogen-bond acceptors (Lipinski definition) is 6. The third-order valence-electron chi connectivity index (χ3n) is 8.26. The van der Waals surface area contributed by atoms with Gasteiger partial charge in [-0.2, -0.15) is 0 Å². The number of benzene rings is 2. The first-order valence-corrected chi connectivity index (χ1v) is 15.5. The third kappa shape index (κ3) is 9.07. The number of amides is 2. The van der Waals surface area contributed by atoms with Gasteiger partial charge in [-0.1, -0.05) is 56.1 Å². The van der Waals surface area contributed by atoms with E-state index in [1.807, 2.05) is 32.0 Å². The molecule has 2 amide bonds. The third-order valence-corrected chi connectivity index (χ3v) is 8.80. The molecule has 4 N–H and O–H groups in total. The second-order valence-corrected chi connectivity index (χ2v) is 12.4. The number of ether oxygens (including phenoxy) is 2. The van der Waals surface area contributed by atoms with Gasteiger partial charge in [0.15, 0.2) is 0 Å². The maximum absolute atomic E-state index is 13.3. The summed E-state index contributed by atoms with van der Waals surface area (Å²) in [5.74, 6) is 0.0738. The molecule has 0 bridgehead atoms. The molecule has 0 aliphatic heterocycles. The van der Waals surface area contributed by atoms with Crippen molar-refractivity contribution in [1.29, 1.82) is 0 Å². The molecule has 0 saturated heterocycles. The molecule has 0 radical (unpaired) electrons. The Morgan fingerprint density at radius 3 is 2.38 bits per heavy atom. The molecule has 42 heavy (non-hydrogen) atoms. The van der Waals surface area contributed by atoms with Crippen molar-refractivity contribution < 1.29 is 24.2 Å². The molecule has 0 aromatic heterocycles. The lowest BCUT2D eigenvalue weighted by Gasteiger charge is -2.41. The van der Waals surface area contributed by atoms with Gasteiger partial charge in [-0.3, -0.25) is 14.0 Å². The number of para-hydroxylation sites is 1. The van der Waals surface area contributed by atoms with Gasteiger partial charge in [0.25, 0.3) is 5.91 Å². The maximum Gasteiger partial charge on any atom is 0.271 e. The highest BCUT2D eigenvalue weighted by molar-refractivity contribution is 6.30. The quantitative estimate of drug-likeness (QED) is 0.162. The first kappa shape index (κ1) is 34.1. The van der Waals surface area contributed by atoms with Crippen molar-refractivity contribution >= 4 is 35.2 Å². The van der Waals surface area contributed by atoms with Crippen LogP contribution in [-0.2, 0) is 14.9 Å². The molecular weight excluding hydrogens is 577 g/mol. The van der Waals surface area contributed by atoms with Crippen molar-refractivity contribution in [2.75, 3.05) is 33.4 Å². The smallest absolute Gasteiger partial charge is 0.271 e. The number of methoxy groups -OCH3 is 1. The zero-order valence-corrected chi connectivity index (χ0v) is 26.4. The number of nitrogens with two attached hydrogens (primary N) is 1. The lowest BCUT2D eigenvalue weighted by Crippen LogP contribution is -2.53. The first-order chi connectivity index (χ1) is 20.1.